The van der Waals surface area contributed by atoms with E-state index in [-0.39, 0.29) is 10.1 Å². The molecule has 6 nitrogen and oxygen atoms in total. The summed E-state index contributed by atoms with van der Waals surface area (Å²) in [7, 11) is -3.69. The van der Waals surface area contributed by atoms with Crippen molar-refractivity contribution in [1.82, 2.24) is 0 Å². The van der Waals surface area contributed by atoms with Gasteiger partial charge >= 0.3 is 5.97 Å². The molecule has 0 aliphatic heterocycles. The fourth-order valence-corrected chi connectivity index (χ4v) is 4.41. The molecular weight excluding hydrogens is 452 g/mol. The Bertz CT molecular complexity index is 804. The Morgan fingerprint density at radius 3 is 1.70 bits per heavy atom. The minimum atomic E-state index is -1.85. The summed E-state index contributed by atoms with van der Waals surface area (Å²) in [6.45, 7) is 23.9. The molecule has 0 atom stereocenters. The molecular formula is C25H44O6Si2. The fourth-order valence-electron chi connectivity index (χ4n) is 2.36. The quantitative estimate of drug-likeness (QED) is 0.200. The highest BCUT2D eigenvalue weighted by Gasteiger charge is 2.37. The Labute approximate surface area is 202 Å². The monoisotopic (exact) mass is 496 g/mol. The van der Waals surface area contributed by atoms with Gasteiger partial charge in [-0.3, -0.25) is 0 Å². The number of aliphatic carboxylic acids is 1. The Kier molecular flexibility index (Phi) is 10.4. The normalized spacial score (nSPS) is 13.4. The van der Waals surface area contributed by atoms with Crippen LogP contribution in [0.4, 0.5) is 0 Å². The first kappa shape index (κ1) is 29.4. The lowest BCUT2D eigenvalue weighted by Gasteiger charge is -2.36. The zero-order chi connectivity index (χ0) is 25.5. The largest absolute Gasteiger partial charge is 0.487 e. The van der Waals surface area contributed by atoms with Gasteiger partial charge in [0.2, 0.25) is 0 Å². The molecule has 0 unspecified atom stereocenters. The second kappa shape index (κ2) is 11.7. The van der Waals surface area contributed by atoms with Gasteiger partial charge in [0.1, 0.15) is 13.2 Å². The van der Waals surface area contributed by atoms with E-state index in [1.807, 2.05) is 6.07 Å². The maximum atomic E-state index is 10.9. The molecule has 8 heteroatoms. The number of carbonyl (C=O) groups is 1. The zero-order valence-electron chi connectivity index (χ0n) is 22.2. The third kappa shape index (κ3) is 9.64. The van der Waals surface area contributed by atoms with Crippen molar-refractivity contribution in [2.75, 3.05) is 26.4 Å². The molecule has 0 heterocycles. The molecule has 1 aromatic carbocycles. The Morgan fingerprint density at radius 1 is 0.818 bits per heavy atom. The predicted molar refractivity (Wildman–Crippen MR) is 140 cm³/mol. The summed E-state index contributed by atoms with van der Waals surface area (Å²) in [4.78, 5) is 10.9. The summed E-state index contributed by atoms with van der Waals surface area (Å²) in [5.41, 5.74) is 0.725. The van der Waals surface area contributed by atoms with E-state index >= 15 is 0 Å². The molecule has 1 rings (SSSR count). The Hall–Kier alpha value is -1.62. The van der Waals surface area contributed by atoms with E-state index in [0.29, 0.717) is 37.9 Å². The van der Waals surface area contributed by atoms with Crippen molar-refractivity contribution < 1.29 is 28.2 Å². The van der Waals surface area contributed by atoms with Crippen molar-refractivity contribution in [1.29, 1.82) is 0 Å². The van der Waals surface area contributed by atoms with Crippen LogP contribution in [0, 0.1) is 0 Å². The Balaban J connectivity index is 2.83. The summed E-state index contributed by atoms with van der Waals surface area (Å²) in [5, 5.41) is 9.19. The van der Waals surface area contributed by atoms with Gasteiger partial charge in [0.05, 0.1) is 13.2 Å². The smallest absolute Gasteiger partial charge is 0.328 e. The van der Waals surface area contributed by atoms with Gasteiger partial charge in [0, 0.05) is 6.08 Å². The predicted octanol–water partition coefficient (Wildman–Crippen LogP) is 6.59. The number of hydrogen-bond acceptors (Lipinski definition) is 5. The number of rotatable bonds is 12. The standard InChI is InChI=1S/C25H44O6Si2/c1-24(2,3)32(7,8)30-17-15-28-21-13-11-20(12-14-23(26)27)19-22(21)29-16-18-31-33(9,10)25(4,5)6/h11-14,19H,15-18H2,1-10H3,(H,26,27)/b14-12+. The molecule has 1 aromatic rings. The molecule has 0 radical (unpaired) electrons. The van der Waals surface area contributed by atoms with E-state index in [1.54, 1.807) is 12.1 Å². The maximum Gasteiger partial charge on any atom is 0.328 e. The SMILES string of the molecule is CC(C)(C)[Si](C)(C)OCCOc1ccc(/C=C/C(=O)O)cc1OCCO[Si](C)(C)C(C)(C)C. The van der Waals surface area contributed by atoms with Gasteiger partial charge in [-0.05, 0) is 60.0 Å². The summed E-state index contributed by atoms with van der Waals surface area (Å²) in [6, 6.07) is 5.40. The molecule has 0 saturated carbocycles. The first-order valence-corrected chi connectivity index (χ1v) is 17.4. The van der Waals surface area contributed by atoms with Crippen LogP contribution in [0.25, 0.3) is 6.08 Å². The van der Waals surface area contributed by atoms with Gasteiger partial charge in [-0.1, -0.05) is 47.6 Å². The van der Waals surface area contributed by atoms with E-state index < -0.39 is 22.6 Å². The molecule has 0 bridgehead atoms. The third-order valence-corrected chi connectivity index (χ3v) is 15.7. The molecule has 0 fully saturated rings. The van der Waals surface area contributed by atoms with Crippen molar-refractivity contribution >= 4 is 28.7 Å². The lowest BCUT2D eigenvalue weighted by atomic mass is 10.2. The molecule has 0 aromatic heterocycles. The van der Waals surface area contributed by atoms with Crippen LogP contribution >= 0.6 is 0 Å². The van der Waals surface area contributed by atoms with Gasteiger partial charge in [-0.15, -0.1) is 0 Å². The van der Waals surface area contributed by atoms with Crippen LogP contribution in [0.5, 0.6) is 11.5 Å². The molecule has 0 spiro atoms. The van der Waals surface area contributed by atoms with Crippen molar-refractivity contribution in [3.8, 4) is 11.5 Å². The van der Waals surface area contributed by atoms with Crippen molar-refractivity contribution in [3.63, 3.8) is 0 Å². The average Bonchev–Trinajstić information content (AvgIpc) is 2.66. The summed E-state index contributed by atoms with van der Waals surface area (Å²) < 4.78 is 24.4. The van der Waals surface area contributed by atoms with E-state index in [9.17, 15) is 4.79 Å². The number of carboxylic acids is 1. The highest BCUT2D eigenvalue weighted by atomic mass is 28.4. The van der Waals surface area contributed by atoms with E-state index in [0.717, 1.165) is 11.6 Å². The maximum absolute atomic E-state index is 10.9. The van der Waals surface area contributed by atoms with Gasteiger partial charge in [-0.25, -0.2) is 4.79 Å². The van der Waals surface area contributed by atoms with Gasteiger partial charge < -0.3 is 23.4 Å². The second-order valence-electron chi connectivity index (χ2n) is 11.3. The molecule has 0 aliphatic carbocycles. The number of carboxylic acid groups (broad SMARTS) is 1. The minimum Gasteiger partial charge on any atom is -0.487 e. The van der Waals surface area contributed by atoms with Crippen LogP contribution in [-0.4, -0.2) is 54.1 Å². The first-order valence-electron chi connectivity index (χ1n) is 11.5. The highest BCUT2D eigenvalue weighted by molar-refractivity contribution is 6.74. The zero-order valence-corrected chi connectivity index (χ0v) is 24.2. The summed E-state index contributed by atoms with van der Waals surface area (Å²) in [6.07, 6.45) is 2.64. The second-order valence-corrected chi connectivity index (χ2v) is 20.9. The van der Waals surface area contributed by atoms with Crippen molar-refractivity contribution in [3.05, 3.63) is 29.8 Å². The van der Waals surface area contributed by atoms with Crippen LogP contribution in [-0.2, 0) is 13.6 Å². The van der Waals surface area contributed by atoms with E-state index in [2.05, 4.69) is 67.7 Å². The molecule has 188 valence electrons. The lowest BCUT2D eigenvalue weighted by Crippen LogP contribution is -2.41. The third-order valence-electron chi connectivity index (χ3n) is 6.61. The van der Waals surface area contributed by atoms with Crippen LogP contribution in [0.2, 0.25) is 36.3 Å². The van der Waals surface area contributed by atoms with Crippen molar-refractivity contribution in [2.45, 2.75) is 77.8 Å². The number of benzene rings is 1. The number of hydrogen-bond donors (Lipinski definition) is 1. The van der Waals surface area contributed by atoms with Gasteiger partial charge in [-0.2, -0.15) is 0 Å². The first-order chi connectivity index (χ1) is 15.0. The van der Waals surface area contributed by atoms with Crippen molar-refractivity contribution in [2.24, 2.45) is 0 Å². The van der Waals surface area contributed by atoms with Crippen LogP contribution < -0.4 is 9.47 Å². The molecule has 0 amide bonds. The molecule has 1 N–H and O–H groups in total. The van der Waals surface area contributed by atoms with Crippen LogP contribution in [0.3, 0.4) is 0 Å². The van der Waals surface area contributed by atoms with E-state index in [1.165, 1.54) is 6.08 Å². The van der Waals surface area contributed by atoms with Crippen LogP contribution in [0.1, 0.15) is 47.1 Å². The highest BCUT2D eigenvalue weighted by Crippen LogP contribution is 2.37. The van der Waals surface area contributed by atoms with Gasteiger partial charge in [0.15, 0.2) is 28.1 Å². The lowest BCUT2D eigenvalue weighted by molar-refractivity contribution is -0.131. The number of ether oxygens (including phenoxy) is 2. The van der Waals surface area contributed by atoms with Gasteiger partial charge in [0.25, 0.3) is 0 Å². The Morgan fingerprint density at radius 2 is 1.27 bits per heavy atom. The molecule has 33 heavy (non-hydrogen) atoms. The van der Waals surface area contributed by atoms with Crippen LogP contribution in [0.15, 0.2) is 24.3 Å². The van der Waals surface area contributed by atoms with E-state index in [4.69, 9.17) is 23.4 Å². The topological polar surface area (TPSA) is 74.2 Å². The molecule has 0 aliphatic rings. The molecule has 0 saturated heterocycles. The average molecular weight is 497 g/mol. The summed E-state index contributed by atoms with van der Waals surface area (Å²) in [5.74, 6) is 0.172. The fraction of sp³-hybridized carbons (Fsp3) is 0.640. The minimum absolute atomic E-state index is 0.132. The summed E-state index contributed by atoms with van der Waals surface area (Å²) >= 11 is 0.